The van der Waals surface area contributed by atoms with Crippen molar-refractivity contribution in [3.63, 3.8) is 0 Å². The zero-order valence-corrected chi connectivity index (χ0v) is 11.4. The Labute approximate surface area is 119 Å². The fourth-order valence-electron chi connectivity index (χ4n) is 1.83. The highest BCUT2D eigenvalue weighted by molar-refractivity contribution is 5.60. The summed E-state index contributed by atoms with van der Waals surface area (Å²) in [5, 5.41) is 3.85. The Bertz CT molecular complexity index is 788. The average Bonchev–Trinajstić information content (AvgIpc) is 2.96. The number of rotatable bonds is 3. The van der Waals surface area contributed by atoms with Gasteiger partial charge in [0.25, 0.3) is 5.89 Å². The molecule has 0 spiro atoms. The van der Waals surface area contributed by atoms with Gasteiger partial charge in [0.15, 0.2) is 0 Å². The predicted molar refractivity (Wildman–Crippen MR) is 72.0 cm³/mol. The molecule has 6 nitrogen and oxygen atoms in total. The van der Waals surface area contributed by atoms with Crippen molar-refractivity contribution in [2.75, 3.05) is 7.11 Å². The van der Waals surface area contributed by atoms with Crippen molar-refractivity contribution in [2.45, 2.75) is 6.92 Å². The molecule has 2 heterocycles. The Balaban J connectivity index is 1.98. The summed E-state index contributed by atoms with van der Waals surface area (Å²) in [6.07, 6.45) is 1.55. The standard InChI is InChI=1S/C14H11FN4O2/c1-8-11(7-16-14(17-8)20-2)13-18-12(19-21-13)9-4-3-5-10(15)6-9/h3-7H,1-2H3. The van der Waals surface area contributed by atoms with Crippen molar-refractivity contribution in [1.29, 1.82) is 0 Å². The molecule has 1 aromatic carbocycles. The number of methoxy groups -OCH3 is 1. The highest BCUT2D eigenvalue weighted by atomic mass is 19.1. The Kier molecular flexibility index (Phi) is 3.31. The number of hydrogen-bond donors (Lipinski definition) is 0. The van der Waals surface area contributed by atoms with Gasteiger partial charge in [0, 0.05) is 11.8 Å². The molecular weight excluding hydrogens is 275 g/mol. The van der Waals surface area contributed by atoms with Crippen LogP contribution in [-0.4, -0.2) is 27.2 Å². The Hall–Kier alpha value is -2.83. The summed E-state index contributed by atoms with van der Waals surface area (Å²) in [5.74, 6) is 0.219. The van der Waals surface area contributed by atoms with E-state index in [1.165, 1.54) is 19.2 Å². The number of halogens is 1. The van der Waals surface area contributed by atoms with E-state index in [9.17, 15) is 4.39 Å². The Morgan fingerprint density at radius 2 is 2.10 bits per heavy atom. The van der Waals surface area contributed by atoms with Gasteiger partial charge in [-0.05, 0) is 19.1 Å². The minimum Gasteiger partial charge on any atom is -0.467 e. The van der Waals surface area contributed by atoms with E-state index in [-0.39, 0.29) is 17.7 Å². The minimum absolute atomic E-state index is 0.265. The highest BCUT2D eigenvalue weighted by Gasteiger charge is 2.15. The first-order valence-corrected chi connectivity index (χ1v) is 6.15. The number of hydrogen-bond acceptors (Lipinski definition) is 6. The van der Waals surface area contributed by atoms with Gasteiger partial charge >= 0.3 is 6.01 Å². The maximum Gasteiger partial charge on any atom is 0.316 e. The third-order valence-corrected chi connectivity index (χ3v) is 2.88. The van der Waals surface area contributed by atoms with E-state index in [2.05, 4.69) is 20.1 Å². The topological polar surface area (TPSA) is 73.9 Å². The van der Waals surface area contributed by atoms with E-state index >= 15 is 0 Å². The van der Waals surface area contributed by atoms with Gasteiger partial charge in [0.1, 0.15) is 5.82 Å². The summed E-state index contributed by atoms with van der Waals surface area (Å²) in [7, 11) is 1.49. The van der Waals surface area contributed by atoms with Crippen molar-refractivity contribution >= 4 is 0 Å². The smallest absolute Gasteiger partial charge is 0.316 e. The summed E-state index contributed by atoms with van der Waals surface area (Å²) in [6, 6.07) is 6.25. The molecule has 0 saturated heterocycles. The van der Waals surface area contributed by atoms with Crippen LogP contribution in [0.4, 0.5) is 4.39 Å². The van der Waals surface area contributed by atoms with Gasteiger partial charge in [-0.15, -0.1) is 0 Å². The van der Waals surface area contributed by atoms with E-state index in [0.717, 1.165) is 0 Å². The van der Waals surface area contributed by atoms with Crippen LogP contribution in [0.5, 0.6) is 6.01 Å². The average molecular weight is 286 g/mol. The fourth-order valence-corrected chi connectivity index (χ4v) is 1.83. The van der Waals surface area contributed by atoms with Gasteiger partial charge < -0.3 is 9.26 Å². The maximum atomic E-state index is 13.2. The van der Waals surface area contributed by atoms with Crippen LogP contribution in [0.2, 0.25) is 0 Å². The molecule has 0 saturated carbocycles. The van der Waals surface area contributed by atoms with E-state index < -0.39 is 0 Å². The summed E-state index contributed by atoms with van der Waals surface area (Å²) >= 11 is 0. The summed E-state index contributed by atoms with van der Waals surface area (Å²) in [6.45, 7) is 1.78. The van der Waals surface area contributed by atoms with Gasteiger partial charge in [-0.25, -0.2) is 9.37 Å². The van der Waals surface area contributed by atoms with Gasteiger partial charge in [0.2, 0.25) is 5.82 Å². The molecule has 7 heteroatoms. The molecule has 3 rings (SSSR count). The summed E-state index contributed by atoms with van der Waals surface area (Å²) in [5.41, 5.74) is 1.79. The number of aryl methyl sites for hydroxylation is 1. The fraction of sp³-hybridized carbons (Fsp3) is 0.143. The molecule has 0 bridgehead atoms. The third kappa shape index (κ3) is 2.58. The number of benzene rings is 1. The molecule has 0 aliphatic heterocycles. The van der Waals surface area contributed by atoms with Crippen LogP contribution in [0.1, 0.15) is 5.69 Å². The normalized spacial score (nSPS) is 10.6. The molecule has 106 valence electrons. The monoisotopic (exact) mass is 286 g/mol. The second kappa shape index (κ2) is 5.28. The van der Waals surface area contributed by atoms with Crippen molar-refractivity contribution in [3.05, 3.63) is 42.0 Å². The van der Waals surface area contributed by atoms with E-state index in [1.54, 1.807) is 25.3 Å². The third-order valence-electron chi connectivity index (χ3n) is 2.88. The lowest BCUT2D eigenvalue weighted by Gasteiger charge is -2.01. The van der Waals surface area contributed by atoms with Crippen LogP contribution in [0.25, 0.3) is 22.8 Å². The van der Waals surface area contributed by atoms with Crippen molar-refractivity contribution in [2.24, 2.45) is 0 Å². The van der Waals surface area contributed by atoms with E-state index in [1.807, 2.05) is 0 Å². The zero-order chi connectivity index (χ0) is 14.8. The number of nitrogens with zero attached hydrogens (tertiary/aromatic N) is 4. The van der Waals surface area contributed by atoms with E-state index in [0.29, 0.717) is 22.6 Å². The van der Waals surface area contributed by atoms with Gasteiger partial charge in [-0.2, -0.15) is 9.97 Å². The van der Waals surface area contributed by atoms with Gasteiger partial charge in [-0.3, -0.25) is 0 Å². The molecular formula is C14H11FN4O2. The van der Waals surface area contributed by atoms with Crippen molar-refractivity contribution in [1.82, 2.24) is 20.1 Å². The lowest BCUT2D eigenvalue weighted by molar-refractivity contribution is 0.378. The molecule has 0 aliphatic rings. The minimum atomic E-state index is -0.359. The van der Waals surface area contributed by atoms with Crippen molar-refractivity contribution < 1.29 is 13.7 Å². The molecule has 0 atom stereocenters. The molecule has 0 unspecified atom stereocenters. The number of ether oxygens (including phenoxy) is 1. The first kappa shape index (κ1) is 13.2. The Morgan fingerprint density at radius 3 is 2.81 bits per heavy atom. The maximum absolute atomic E-state index is 13.2. The SMILES string of the molecule is COc1ncc(-c2nc(-c3cccc(F)c3)no2)c(C)n1. The molecule has 3 aromatic rings. The summed E-state index contributed by atoms with van der Waals surface area (Å²) in [4.78, 5) is 12.4. The molecule has 0 aliphatic carbocycles. The van der Waals surface area contributed by atoms with Crippen LogP contribution in [0.15, 0.2) is 35.0 Å². The molecule has 0 N–H and O–H groups in total. The van der Waals surface area contributed by atoms with Crippen LogP contribution in [-0.2, 0) is 0 Å². The van der Waals surface area contributed by atoms with E-state index in [4.69, 9.17) is 9.26 Å². The second-order valence-corrected chi connectivity index (χ2v) is 4.29. The molecule has 0 amide bonds. The lowest BCUT2D eigenvalue weighted by Crippen LogP contribution is -1.96. The van der Waals surface area contributed by atoms with Crippen LogP contribution in [0, 0.1) is 12.7 Å². The first-order chi connectivity index (χ1) is 10.2. The van der Waals surface area contributed by atoms with Crippen LogP contribution < -0.4 is 4.74 Å². The predicted octanol–water partition coefficient (Wildman–Crippen LogP) is 2.65. The van der Waals surface area contributed by atoms with Crippen LogP contribution in [0.3, 0.4) is 0 Å². The molecule has 0 radical (unpaired) electrons. The molecule has 2 aromatic heterocycles. The molecule has 0 fully saturated rings. The zero-order valence-electron chi connectivity index (χ0n) is 11.4. The van der Waals surface area contributed by atoms with Gasteiger partial charge in [-0.1, -0.05) is 17.3 Å². The van der Waals surface area contributed by atoms with Crippen molar-refractivity contribution in [3.8, 4) is 28.9 Å². The van der Waals surface area contributed by atoms with Crippen LogP contribution >= 0.6 is 0 Å². The largest absolute Gasteiger partial charge is 0.467 e. The van der Waals surface area contributed by atoms with Gasteiger partial charge in [0.05, 0.1) is 18.4 Å². The highest BCUT2D eigenvalue weighted by Crippen LogP contribution is 2.24. The first-order valence-electron chi connectivity index (χ1n) is 6.15. The second-order valence-electron chi connectivity index (χ2n) is 4.29. The quantitative estimate of drug-likeness (QED) is 0.737. The number of aromatic nitrogens is 4. The summed E-state index contributed by atoms with van der Waals surface area (Å²) < 4.78 is 23.3. The molecule has 21 heavy (non-hydrogen) atoms. The Morgan fingerprint density at radius 1 is 1.24 bits per heavy atom. The lowest BCUT2D eigenvalue weighted by atomic mass is 10.2.